The first-order chi connectivity index (χ1) is 8.81. The van der Waals surface area contributed by atoms with Gasteiger partial charge in [-0.05, 0) is 30.7 Å². The van der Waals surface area contributed by atoms with Crippen LogP contribution in [0.5, 0.6) is 11.5 Å². The van der Waals surface area contributed by atoms with Crippen molar-refractivity contribution in [3.05, 3.63) is 22.7 Å². The number of unbranched alkanes of at least 4 members (excludes halogenated alkanes) is 1. The normalized spacial score (nSPS) is 14.3. The van der Waals surface area contributed by atoms with Crippen LogP contribution in [0.2, 0.25) is 5.02 Å². The van der Waals surface area contributed by atoms with Gasteiger partial charge < -0.3 is 14.8 Å². The van der Waals surface area contributed by atoms with Crippen molar-refractivity contribution < 1.29 is 9.47 Å². The van der Waals surface area contributed by atoms with Crippen LogP contribution < -0.4 is 14.8 Å². The number of nitrogens with one attached hydrogen (secondary N) is 1. The van der Waals surface area contributed by atoms with E-state index in [1.807, 2.05) is 12.1 Å². The second kappa shape index (κ2) is 6.86. The Kier molecular flexibility index (Phi) is 5.14. The molecule has 0 aliphatic carbocycles. The standard InChI is InChI=1S/C14H20ClNO2/c1-2-3-5-16-10-11-8-12(15)14-13(9-11)17-6-4-7-18-14/h8-9,16H,2-7,10H2,1H3. The first-order valence-corrected chi connectivity index (χ1v) is 6.98. The number of hydrogen-bond acceptors (Lipinski definition) is 3. The molecule has 0 bridgehead atoms. The van der Waals surface area contributed by atoms with Crippen LogP contribution in [0.3, 0.4) is 0 Å². The lowest BCUT2D eigenvalue weighted by molar-refractivity contribution is 0.297. The summed E-state index contributed by atoms with van der Waals surface area (Å²) < 4.78 is 11.3. The molecule has 0 radical (unpaired) electrons. The highest BCUT2D eigenvalue weighted by molar-refractivity contribution is 6.32. The third-order valence-corrected chi connectivity index (χ3v) is 3.18. The van der Waals surface area contributed by atoms with Crippen LogP contribution in [-0.4, -0.2) is 19.8 Å². The Labute approximate surface area is 113 Å². The molecule has 0 saturated carbocycles. The molecule has 1 N–H and O–H groups in total. The van der Waals surface area contributed by atoms with E-state index in [0.29, 0.717) is 24.0 Å². The van der Waals surface area contributed by atoms with Crippen molar-refractivity contribution >= 4 is 11.6 Å². The first kappa shape index (κ1) is 13.5. The van der Waals surface area contributed by atoms with E-state index < -0.39 is 0 Å². The van der Waals surface area contributed by atoms with Crippen molar-refractivity contribution in [1.82, 2.24) is 5.32 Å². The predicted molar refractivity (Wildman–Crippen MR) is 73.7 cm³/mol. The minimum absolute atomic E-state index is 0.640. The van der Waals surface area contributed by atoms with Gasteiger partial charge in [-0.15, -0.1) is 0 Å². The molecule has 0 aromatic heterocycles. The lowest BCUT2D eigenvalue weighted by Crippen LogP contribution is -2.14. The number of fused-ring (bicyclic) bond motifs is 1. The molecule has 3 nitrogen and oxygen atoms in total. The van der Waals surface area contributed by atoms with Gasteiger partial charge in [-0.3, -0.25) is 0 Å². The maximum atomic E-state index is 6.23. The molecular weight excluding hydrogens is 250 g/mol. The van der Waals surface area contributed by atoms with Crippen molar-refractivity contribution in [1.29, 1.82) is 0 Å². The molecule has 2 rings (SSSR count). The molecule has 1 aromatic rings. The average molecular weight is 270 g/mol. The lowest BCUT2D eigenvalue weighted by atomic mass is 10.2. The van der Waals surface area contributed by atoms with Crippen LogP contribution in [0, 0.1) is 0 Å². The molecule has 1 aliphatic rings. The second-order valence-electron chi connectivity index (χ2n) is 4.49. The minimum Gasteiger partial charge on any atom is -0.489 e. The summed E-state index contributed by atoms with van der Waals surface area (Å²) in [6, 6.07) is 3.97. The first-order valence-electron chi connectivity index (χ1n) is 6.60. The third-order valence-electron chi connectivity index (χ3n) is 2.90. The molecule has 18 heavy (non-hydrogen) atoms. The zero-order chi connectivity index (χ0) is 12.8. The smallest absolute Gasteiger partial charge is 0.179 e. The monoisotopic (exact) mass is 269 g/mol. The van der Waals surface area contributed by atoms with Gasteiger partial charge in [-0.25, -0.2) is 0 Å². The van der Waals surface area contributed by atoms with Crippen molar-refractivity contribution in [2.75, 3.05) is 19.8 Å². The van der Waals surface area contributed by atoms with Crippen molar-refractivity contribution in [3.8, 4) is 11.5 Å². The summed E-state index contributed by atoms with van der Waals surface area (Å²) >= 11 is 6.23. The van der Waals surface area contributed by atoms with E-state index >= 15 is 0 Å². The Hall–Kier alpha value is -0.930. The van der Waals surface area contributed by atoms with Gasteiger partial charge in [0.25, 0.3) is 0 Å². The van der Waals surface area contributed by atoms with Crippen LogP contribution in [0.25, 0.3) is 0 Å². The van der Waals surface area contributed by atoms with Gasteiger partial charge in [0.05, 0.1) is 18.2 Å². The van der Waals surface area contributed by atoms with E-state index in [1.165, 1.54) is 12.8 Å². The van der Waals surface area contributed by atoms with Gasteiger partial charge in [-0.1, -0.05) is 24.9 Å². The van der Waals surface area contributed by atoms with E-state index in [9.17, 15) is 0 Å². The van der Waals surface area contributed by atoms with Gasteiger partial charge in [0.2, 0.25) is 0 Å². The van der Waals surface area contributed by atoms with Gasteiger partial charge in [0.1, 0.15) is 0 Å². The van der Waals surface area contributed by atoms with Crippen LogP contribution in [0.15, 0.2) is 12.1 Å². The Morgan fingerprint density at radius 1 is 1.28 bits per heavy atom. The van der Waals surface area contributed by atoms with Gasteiger partial charge in [0.15, 0.2) is 11.5 Å². The summed E-state index contributed by atoms with van der Waals surface area (Å²) in [5, 5.41) is 4.04. The van der Waals surface area contributed by atoms with Crippen LogP contribution in [0.1, 0.15) is 31.7 Å². The summed E-state index contributed by atoms with van der Waals surface area (Å²) in [5.74, 6) is 1.46. The van der Waals surface area contributed by atoms with Crippen molar-refractivity contribution in [3.63, 3.8) is 0 Å². The van der Waals surface area contributed by atoms with Crippen molar-refractivity contribution in [2.45, 2.75) is 32.7 Å². The molecule has 100 valence electrons. The van der Waals surface area contributed by atoms with E-state index in [-0.39, 0.29) is 0 Å². The van der Waals surface area contributed by atoms with Crippen LogP contribution in [-0.2, 0) is 6.54 Å². The van der Waals surface area contributed by atoms with Crippen molar-refractivity contribution in [2.24, 2.45) is 0 Å². The summed E-state index contributed by atoms with van der Waals surface area (Å²) in [6.45, 7) is 5.39. The fourth-order valence-electron chi connectivity index (χ4n) is 1.92. The molecule has 0 fully saturated rings. The summed E-state index contributed by atoms with van der Waals surface area (Å²) in [4.78, 5) is 0. The molecule has 1 heterocycles. The highest BCUT2D eigenvalue weighted by Crippen LogP contribution is 2.37. The molecular formula is C14H20ClNO2. The Bertz CT molecular complexity index is 396. The zero-order valence-electron chi connectivity index (χ0n) is 10.8. The van der Waals surface area contributed by atoms with E-state index in [2.05, 4.69) is 12.2 Å². The molecule has 0 saturated heterocycles. The van der Waals surface area contributed by atoms with E-state index in [0.717, 1.165) is 30.8 Å². The summed E-state index contributed by atoms with van der Waals surface area (Å²) in [7, 11) is 0. The Balaban J connectivity index is 2.04. The molecule has 0 spiro atoms. The lowest BCUT2D eigenvalue weighted by Gasteiger charge is -2.12. The average Bonchev–Trinajstić information content (AvgIpc) is 2.60. The predicted octanol–water partition coefficient (Wildman–Crippen LogP) is 3.39. The molecule has 0 amide bonds. The van der Waals surface area contributed by atoms with Crippen LogP contribution in [0.4, 0.5) is 0 Å². The minimum atomic E-state index is 0.640. The third kappa shape index (κ3) is 3.53. The molecule has 0 atom stereocenters. The zero-order valence-corrected chi connectivity index (χ0v) is 11.6. The number of rotatable bonds is 5. The molecule has 1 aromatic carbocycles. The fraction of sp³-hybridized carbons (Fsp3) is 0.571. The maximum absolute atomic E-state index is 6.23. The number of ether oxygens (including phenoxy) is 2. The summed E-state index contributed by atoms with van der Waals surface area (Å²) in [5.41, 5.74) is 1.14. The van der Waals surface area contributed by atoms with Gasteiger partial charge in [-0.2, -0.15) is 0 Å². The Morgan fingerprint density at radius 2 is 2.11 bits per heavy atom. The Morgan fingerprint density at radius 3 is 2.94 bits per heavy atom. The second-order valence-corrected chi connectivity index (χ2v) is 4.89. The highest BCUT2D eigenvalue weighted by Gasteiger charge is 2.15. The summed E-state index contributed by atoms with van der Waals surface area (Å²) in [6.07, 6.45) is 3.29. The quantitative estimate of drug-likeness (QED) is 0.831. The SMILES string of the molecule is CCCCNCc1cc(Cl)c2c(c1)OCCCO2. The van der Waals surface area contributed by atoms with Gasteiger partial charge >= 0.3 is 0 Å². The van der Waals surface area contributed by atoms with Crippen LogP contribution >= 0.6 is 11.6 Å². The van der Waals surface area contributed by atoms with Gasteiger partial charge in [0, 0.05) is 13.0 Å². The highest BCUT2D eigenvalue weighted by atomic mass is 35.5. The fourth-order valence-corrected chi connectivity index (χ4v) is 2.21. The molecule has 1 aliphatic heterocycles. The number of halogens is 1. The van der Waals surface area contributed by atoms with E-state index in [4.69, 9.17) is 21.1 Å². The molecule has 4 heteroatoms. The van der Waals surface area contributed by atoms with E-state index in [1.54, 1.807) is 0 Å². The maximum Gasteiger partial charge on any atom is 0.179 e. The number of benzene rings is 1. The topological polar surface area (TPSA) is 30.5 Å². The molecule has 0 unspecified atom stereocenters. The number of hydrogen-bond donors (Lipinski definition) is 1. The largest absolute Gasteiger partial charge is 0.489 e.